The second kappa shape index (κ2) is 5.01. The van der Waals surface area contributed by atoms with Crippen LogP contribution in [0.2, 0.25) is 0 Å². The van der Waals surface area contributed by atoms with Crippen LogP contribution in [0.1, 0.15) is 26.2 Å². The topological polar surface area (TPSA) is 6.48 Å². The third-order valence-electron chi connectivity index (χ3n) is 3.76. The Labute approximate surface area is 93.6 Å². The van der Waals surface area contributed by atoms with Gasteiger partial charge in [-0.2, -0.15) is 0 Å². The van der Waals surface area contributed by atoms with Gasteiger partial charge in [-0.1, -0.05) is 0 Å². The highest BCUT2D eigenvalue weighted by molar-refractivity contribution is 5.03. The highest BCUT2D eigenvalue weighted by atomic mass is 15.2. The molecule has 0 aromatic rings. The molecular formula is C13H22N2. The van der Waals surface area contributed by atoms with Gasteiger partial charge in [-0.15, -0.1) is 11.8 Å². The summed E-state index contributed by atoms with van der Waals surface area (Å²) in [5, 5.41) is 0. The number of hydrogen-bond acceptors (Lipinski definition) is 2. The largest absolute Gasteiger partial charge is 0.305 e. The molecule has 2 aliphatic rings. The van der Waals surface area contributed by atoms with Crippen molar-refractivity contribution in [1.29, 1.82) is 0 Å². The molecule has 2 aliphatic heterocycles. The fraction of sp³-hybridized carbons (Fsp3) is 0.846. The molecule has 1 unspecified atom stereocenters. The van der Waals surface area contributed by atoms with E-state index in [2.05, 4.69) is 28.7 Å². The van der Waals surface area contributed by atoms with E-state index in [1.165, 1.54) is 45.4 Å². The van der Waals surface area contributed by atoms with E-state index in [9.17, 15) is 0 Å². The highest BCUT2D eigenvalue weighted by Crippen LogP contribution is 2.22. The Bertz CT molecular complexity index is 255. The van der Waals surface area contributed by atoms with Crippen molar-refractivity contribution < 1.29 is 0 Å². The molecule has 0 aromatic heterocycles. The third kappa shape index (κ3) is 2.74. The molecule has 0 radical (unpaired) electrons. The van der Waals surface area contributed by atoms with Gasteiger partial charge in [0, 0.05) is 18.5 Å². The van der Waals surface area contributed by atoms with Crippen molar-refractivity contribution >= 4 is 0 Å². The summed E-state index contributed by atoms with van der Waals surface area (Å²) < 4.78 is 0. The second-order valence-corrected chi connectivity index (χ2v) is 4.91. The summed E-state index contributed by atoms with van der Waals surface area (Å²) >= 11 is 0. The zero-order valence-electron chi connectivity index (χ0n) is 10.00. The predicted molar refractivity (Wildman–Crippen MR) is 63.6 cm³/mol. The smallest absolute Gasteiger partial charge is 0.0235 e. The first-order chi connectivity index (χ1) is 7.29. The molecule has 2 saturated heterocycles. The molecule has 0 aliphatic carbocycles. The van der Waals surface area contributed by atoms with Crippen LogP contribution >= 0.6 is 0 Å². The normalized spacial score (nSPS) is 30.1. The van der Waals surface area contributed by atoms with E-state index in [-0.39, 0.29) is 0 Å². The Kier molecular flexibility index (Phi) is 3.66. The SMILES string of the molecule is CC#CC1CCN(C2CCN(C)C2)CC1. The lowest BCUT2D eigenvalue weighted by Gasteiger charge is -2.34. The molecule has 84 valence electrons. The molecule has 0 saturated carbocycles. The monoisotopic (exact) mass is 206 g/mol. The Morgan fingerprint density at radius 3 is 2.33 bits per heavy atom. The van der Waals surface area contributed by atoms with Crippen LogP contribution in [0.15, 0.2) is 0 Å². The average Bonchev–Trinajstić information content (AvgIpc) is 2.67. The van der Waals surface area contributed by atoms with Crippen molar-refractivity contribution in [3.05, 3.63) is 0 Å². The van der Waals surface area contributed by atoms with Crippen molar-refractivity contribution in [2.75, 3.05) is 33.2 Å². The molecule has 0 spiro atoms. The Morgan fingerprint density at radius 1 is 1.07 bits per heavy atom. The van der Waals surface area contributed by atoms with Crippen LogP contribution in [0.5, 0.6) is 0 Å². The first-order valence-corrected chi connectivity index (χ1v) is 6.14. The lowest BCUT2D eigenvalue weighted by molar-refractivity contribution is 0.150. The number of nitrogens with zero attached hydrogens (tertiary/aromatic N) is 2. The maximum atomic E-state index is 3.32. The number of rotatable bonds is 1. The van der Waals surface area contributed by atoms with Gasteiger partial charge >= 0.3 is 0 Å². The molecule has 2 heterocycles. The molecule has 15 heavy (non-hydrogen) atoms. The van der Waals surface area contributed by atoms with Crippen LogP contribution in [0.4, 0.5) is 0 Å². The van der Waals surface area contributed by atoms with E-state index in [0.29, 0.717) is 5.92 Å². The summed E-state index contributed by atoms with van der Waals surface area (Å²) in [7, 11) is 2.23. The molecule has 2 heteroatoms. The van der Waals surface area contributed by atoms with Gasteiger partial charge in [-0.3, -0.25) is 4.90 Å². The average molecular weight is 206 g/mol. The molecular weight excluding hydrogens is 184 g/mol. The van der Waals surface area contributed by atoms with Crippen LogP contribution in [0, 0.1) is 17.8 Å². The first-order valence-electron chi connectivity index (χ1n) is 6.14. The first kappa shape index (κ1) is 11.0. The van der Waals surface area contributed by atoms with Gasteiger partial charge < -0.3 is 4.90 Å². The van der Waals surface area contributed by atoms with Crippen LogP contribution in [0.25, 0.3) is 0 Å². The zero-order valence-corrected chi connectivity index (χ0v) is 10.00. The molecule has 2 rings (SSSR count). The maximum Gasteiger partial charge on any atom is 0.0235 e. The van der Waals surface area contributed by atoms with E-state index in [1.807, 2.05) is 6.92 Å². The summed E-state index contributed by atoms with van der Waals surface area (Å²) in [5.74, 6) is 7.04. The minimum Gasteiger partial charge on any atom is -0.305 e. The van der Waals surface area contributed by atoms with Gasteiger partial charge in [0.2, 0.25) is 0 Å². The number of likely N-dealkylation sites (tertiary alicyclic amines) is 2. The van der Waals surface area contributed by atoms with Crippen molar-refractivity contribution in [3.63, 3.8) is 0 Å². The fourth-order valence-electron chi connectivity index (χ4n) is 2.82. The van der Waals surface area contributed by atoms with E-state index < -0.39 is 0 Å². The van der Waals surface area contributed by atoms with Crippen molar-refractivity contribution in [2.45, 2.75) is 32.2 Å². The Morgan fingerprint density at radius 2 is 1.80 bits per heavy atom. The predicted octanol–water partition coefficient (Wildman–Crippen LogP) is 1.43. The van der Waals surface area contributed by atoms with Gasteiger partial charge in [-0.25, -0.2) is 0 Å². The minimum absolute atomic E-state index is 0.672. The lowest BCUT2D eigenvalue weighted by Crippen LogP contribution is -2.42. The van der Waals surface area contributed by atoms with Crippen LogP contribution < -0.4 is 0 Å². The van der Waals surface area contributed by atoms with E-state index in [4.69, 9.17) is 0 Å². The molecule has 0 bridgehead atoms. The lowest BCUT2D eigenvalue weighted by atomic mass is 9.96. The van der Waals surface area contributed by atoms with Crippen LogP contribution in [-0.4, -0.2) is 49.1 Å². The number of piperidine rings is 1. The Balaban J connectivity index is 1.80. The second-order valence-electron chi connectivity index (χ2n) is 4.91. The number of likely N-dealkylation sites (N-methyl/N-ethyl adjacent to an activating group) is 1. The van der Waals surface area contributed by atoms with E-state index in [0.717, 1.165) is 6.04 Å². The number of hydrogen-bond donors (Lipinski definition) is 0. The van der Waals surface area contributed by atoms with Crippen molar-refractivity contribution in [1.82, 2.24) is 9.80 Å². The third-order valence-corrected chi connectivity index (χ3v) is 3.76. The standard InChI is InChI=1S/C13H22N2/c1-3-4-12-5-9-15(10-6-12)13-7-8-14(2)11-13/h12-13H,5-11H2,1-2H3. The molecule has 0 N–H and O–H groups in total. The molecule has 1 atom stereocenters. The van der Waals surface area contributed by atoms with E-state index >= 15 is 0 Å². The quantitative estimate of drug-likeness (QED) is 0.599. The summed E-state index contributed by atoms with van der Waals surface area (Å²) in [6.07, 6.45) is 3.92. The fourth-order valence-corrected chi connectivity index (χ4v) is 2.82. The minimum atomic E-state index is 0.672. The molecule has 2 fully saturated rings. The van der Waals surface area contributed by atoms with E-state index in [1.54, 1.807) is 0 Å². The zero-order chi connectivity index (χ0) is 10.7. The van der Waals surface area contributed by atoms with Gasteiger partial charge in [0.05, 0.1) is 0 Å². The summed E-state index contributed by atoms with van der Waals surface area (Å²) in [6.45, 7) is 7.03. The summed E-state index contributed by atoms with van der Waals surface area (Å²) in [5.41, 5.74) is 0. The van der Waals surface area contributed by atoms with Crippen LogP contribution in [-0.2, 0) is 0 Å². The summed E-state index contributed by atoms with van der Waals surface area (Å²) in [4.78, 5) is 5.12. The van der Waals surface area contributed by atoms with Gasteiger partial charge in [0.15, 0.2) is 0 Å². The summed E-state index contributed by atoms with van der Waals surface area (Å²) in [6, 6.07) is 0.825. The molecule has 0 aromatic carbocycles. The van der Waals surface area contributed by atoms with Crippen LogP contribution in [0.3, 0.4) is 0 Å². The highest BCUT2D eigenvalue weighted by Gasteiger charge is 2.28. The van der Waals surface area contributed by atoms with Crippen molar-refractivity contribution in [2.24, 2.45) is 5.92 Å². The van der Waals surface area contributed by atoms with Crippen molar-refractivity contribution in [3.8, 4) is 11.8 Å². The van der Waals surface area contributed by atoms with Gasteiger partial charge in [0.25, 0.3) is 0 Å². The van der Waals surface area contributed by atoms with Gasteiger partial charge in [-0.05, 0) is 52.9 Å². The molecule has 2 nitrogen and oxygen atoms in total. The molecule has 0 amide bonds. The van der Waals surface area contributed by atoms with Gasteiger partial charge in [0.1, 0.15) is 0 Å². The Hall–Kier alpha value is -0.520. The maximum absolute atomic E-state index is 3.32.